The molecule has 0 N–H and O–H groups in total. The fourth-order valence-corrected chi connectivity index (χ4v) is 4.17. The second-order valence-electron chi connectivity index (χ2n) is 7.79. The smallest absolute Gasteiger partial charge is 0.315 e. The van der Waals surface area contributed by atoms with E-state index in [2.05, 4.69) is 9.89 Å². The summed E-state index contributed by atoms with van der Waals surface area (Å²) in [6.45, 7) is 5.32. The highest BCUT2D eigenvalue weighted by molar-refractivity contribution is 6.30. The third-order valence-electron chi connectivity index (χ3n) is 5.32. The van der Waals surface area contributed by atoms with Crippen molar-refractivity contribution in [2.24, 2.45) is 10.9 Å². The van der Waals surface area contributed by atoms with E-state index in [4.69, 9.17) is 16.3 Å². The Hall–Kier alpha value is -2.44. The largest absolute Gasteiger partial charge is 0.465 e. The molecule has 0 saturated heterocycles. The Balaban J connectivity index is 2.14. The Bertz CT molecular complexity index is 1010. The maximum atomic E-state index is 13.5. The number of halogens is 1. The number of rotatable bonds is 7. The Morgan fingerprint density at radius 1 is 1.30 bits per heavy atom. The third kappa shape index (κ3) is 4.65. The molecule has 30 heavy (non-hydrogen) atoms. The second-order valence-corrected chi connectivity index (χ2v) is 8.22. The summed E-state index contributed by atoms with van der Waals surface area (Å²) in [5.41, 5.74) is 2.44. The first-order chi connectivity index (χ1) is 14.3. The molecule has 7 heteroatoms. The Morgan fingerprint density at radius 2 is 2.07 bits per heavy atom. The molecule has 0 fully saturated rings. The van der Waals surface area contributed by atoms with E-state index in [1.54, 1.807) is 23.8 Å². The van der Waals surface area contributed by atoms with Crippen molar-refractivity contribution in [3.8, 4) is 0 Å². The number of hydrogen-bond acceptors (Lipinski definition) is 5. The molecule has 3 rings (SSSR count). The van der Waals surface area contributed by atoms with Crippen molar-refractivity contribution in [2.45, 2.75) is 32.7 Å². The molecular weight excluding hydrogens is 402 g/mol. The van der Waals surface area contributed by atoms with E-state index < -0.39 is 11.8 Å². The summed E-state index contributed by atoms with van der Waals surface area (Å²) in [4.78, 5) is 33.1. The van der Waals surface area contributed by atoms with Gasteiger partial charge in [0, 0.05) is 29.4 Å². The predicted octanol–water partition coefficient (Wildman–Crippen LogP) is 3.87. The number of nitrogens with zero attached hydrogens (tertiary/aromatic N) is 3. The second kappa shape index (κ2) is 9.58. The Kier molecular flexibility index (Phi) is 7.10. The van der Waals surface area contributed by atoms with E-state index in [0.29, 0.717) is 28.5 Å². The molecular formula is C23H28ClN3O3. The number of fused-ring (bicyclic) bond motifs is 1. The van der Waals surface area contributed by atoms with Crippen molar-refractivity contribution in [2.75, 3.05) is 27.2 Å². The number of ether oxygens (including phenoxy) is 1. The van der Waals surface area contributed by atoms with Crippen LogP contribution in [0.5, 0.6) is 0 Å². The molecule has 1 aliphatic rings. The number of esters is 1. The number of carbonyl (C=O) groups is 1. The van der Waals surface area contributed by atoms with E-state index in [9.17, 15) is 9.59 Å². The van der Waals surface area contributed by atoms with E-state index in [1.165, 1.54) is 0 Å². The molecule has 1 aromatic heterocycles. The van der Waals surface area contributed by atoms with E-state index in [1.807, 2.05) is 45.3 Å². The monoisotopic (exact) mass is 429 g/mol. The molecule has 160 valence electrons. The van der Waals surface area contributed by atoms with Crippen molar-refractivity contribution >= 4 is 29.0 Å². The number of pyridine rings is 1. The summed E-state index contributed by atoms with van der Waals surface area (Å²) in [6, 6.07) is 9.17. The first kappa shape index (κ1) is 22.2. The van der Waals surface area contributed by atoms with Crippen LogP contribution in [0.4, 0.5) is 5.69 Å². The molecule has 0 radical (unpaired) electrons. The van der Waals surface area contributed by atoms with E-state index >= 15 is 0 Å². The summed E-state index contributed by atoms with van der Waals surface area (Å²) in [5, 5.41) is 0.555. The first-order valence-electron chi connectivity index (χ1n) is 10.2. The van der Waals surface area contributed by atoms with Gasteiger partial charge in [-0.15, -0.1) is 0 Å². The molecule has 1 aliphatic heterocycles. The first-order valence-corrected chi connectivity index (χ1v) is 10.6. The Morgan fingerprint density at radius 3 is 2.73 bits per heavy atom. The van der Waals surface area contributed by atoms with Gasteiger partial charge in [-0.2, -0.15) is 0 Å². The van der Waals surface area contributed by atoms with Gasteiger partial charge in [0.15, 0.2) is 0 Å². The van der Waals surface area contributed by atoms with Crippen LogP contribution in [0.2, 0.25) is 5.02 Å². The zero-order chi connectivity index (χ0) is 21.8. The lowest BCUT2D eigenvalue weighted by Gasteiger charge is -2.31. The number of benzene rings is 1. The summed E-state index contributed by atoms with van der Waals surface area (Å²) in [5.74, 6) is -1.54. The lowest BCUT2D eigenvalue weighted by atomic mass is 9.76. The highest BCUT2D eigenvalue weighted by Gasteiger charge is 2.40. The fourth-order valence-electron chi connectivity index (χ4n) is 3.97. The average molecular weight is 430 g/mol. The number of carbonyl (C=O) groups excluding carboxylic acids is 1. The number of hydrogen-bond donors (Lipinski definition) is 0. The van der Waals surface area contributed by atoms with E-state index in [0.717, 1.165) is 18.5 Å². The van der Waals surface area contributed by atoms with Gasteiger partial charge in [-0.05, 0) is 64.7 Å². The Labute approximate surface area is 182 Å². The van der Waals surface area contributed by atoms with Gasteiger partial charge in [-0.1, -0.05) is 23.7 Å². The summed E-state index contributed by atoms with van der Waals surface area (Å²) >= 11 is 6.25. The molecule has 2 unspecified atom stereocenters. The van der Waals surface area contributed by atoms with Crippen LogP contribution >= 0.6 is 11.6 Å². The standard InChI is InChI=1S/C23H28ClN3O3/c1-5-30-23(29)19-15(2)25-18-10-13-27(12-7-11-26(3)4)22(28)21(18)20(19)16-8-6-9-17(24)14-16/h6,8-10,13-14,19-20H,5,7,11-12H2,1-4H3. The maximum Gasteiger partial charge on any atom is 0.315 e. The maximum absolute atomic E-state index is 13.5. The topological polar surface area (TPSA) is 63.9 Å². The van der Waals surface area contributed by atoms with Crippen LogP contribution in [0.3, 0.4) is 0 Å². The summed E-state index contributed by atoms with van der Waals surface area (Å²) in [6.07, 6.45) is 2.63. The zero-order valence-electron chi connectivity index (χ0n) is 17.9. The van der Waals surface area contributed by atoms with Gasteiger partial charge in [0.2, 0.25) is 0 Å². The van der Waals surface area contributed by atoms with Crippen LogP contribution in [0.1, 0.15) is 37.3 Å². The molecule has 1 aromatic carbocycles. The number of aliphatic imine (C=N–C) groups is 1. The van der Waals surface area contributed by atoms with E-state index in [-0.39, 0.29) is 18.1 Å². The van der Waals surface area contributed by atoms with Gasteiger partial charge in [-0.25, -0.2) is 0 Å². The van der Waals surface area contributed by atoms with Crippen LogP contribution in [0, 0.1) is 5.92 Å². The average Bonchev–Trinajstić information content (AvgIpc) is 2.68. The van der Waals surface area contributed by atoms with Crippen molar-refractivity contribution in [1.29, 1.82) is 0 Å². The molecule has 0 spiro atoms. The lowest BCUT2D eigenvalue weighted by Crippen LogP contribution is -2.38. The van der Waals surface area contributed by atoms with Gasteiger partial charge < -0.3 is 14.2 Å². The van der Waals surface area contributed by atoms with Crippen molar-refractivity contribution in [3.63, 3.8) is 0 Å². The fraction of sp³-hybridized carbons (Fsp3) is 0.435. The normalized spacial score (nSPS) is 18.1. The predicted molar refractivity (Wildman–Crippen MR) is 120 cm³/mol. The zero-order valence-corrected chi connectivity index (χ0v) is 18.6. The van der Waals surface area contributed by atoms with Gasteiger partial charge in [0.1, 0.15) is 5.92 Å². The number of aromatic nitrogens is 1. The molecule has 2 atom stereocenters. The van der Waals surface area contributed by atoms with Gasteiger partial charge in [0.05, 0.1) is 17.9 Å². The van der Waals surface area contributed by atoms with Gasteiger partial charge in [0.25, 0.3) is 5.56 Å². The van der Waals surface area contributed by atoms with Crippen molar-refractivity contribution in [1.82, 2.24) is 9.47 Å². The van der Waals surface area contributed by atoms with Crippen LogP contribution in [-0.4, -0.2) is 48.4 Å². The van der Waals surface area contributed by atoms with Gasteiger partial charge in [-0.3, -0.25) is 14.6 Å². The van der Waals surface area contributed by atoms with Crippen LogP contribution in [0.25, 0.3) is 0 Å². The minimum atomic E-state index is -0.666. The molecule has 0 amide bonds. The van der Waals surface area contributed by atoms with Crippen molar-refractivity contribution in [3.05, 3.63) is 63.0 Å². The highest BCUT2D eigenvalue weighted by atomic mass is 35.5. The molecule has 0 bridgehead atoms. The third-order valence-corrected chi connectivity index (χ3v) is 5.56. The minimum absolute atomic E-state index is 0.123. The van der Waals surface area contributed by atoms with Crippen molar-refractivity contribution < 1.29 is 9.53 Å². The summed E-state index contributed by atoms with van der Waals surface area (Å²) < 4.78 is 7.05. The molecule has 2 aromatic rings. The van der Waals surface area contributed by atoms with Crippen LogP contribution < -0.4 is 5.56 Å². The summed E-state index contributed by atoms with van der Waals surface area (Å²) in [7, 11) is 4.01. The van der Waals surface area contributed by atoms with Crippen LogP contribution in [-0.2, 0) is 16.1 Å². The minimum Gasteiger partial charge on any atom is -0.465 e. The van der Waals surface area contributed by atoms with Gasteiger partial charge >= 0.3 is 5.97 Å². The molecule has 2 heterocycles. The molecule has 0 saturated carbocycles. The molecule has 0 aliphatic carbocycles. The lowest BCUT2D eigenvalue weighted by molar-refractivity contribution is -0.146. The number of aryl methyl sites for hydroxylation is 1. The quantitative estimate of drug-likeness (QED) is 0.627. The highest BCUT2D eigenvalue weighted by Crippen LogP contribution is 2.41. The van der Waals surface area contributed by atoms with Crippen LogP contribution in [0.15, 0.2) is 46.3 Å². The SMILES string of the molecule is CCOC(=O)C1C(C)=Nc2ccn(CCCN(C)C)c(=O)c2C1c1cccc(Cl)c1. The molecule has 6 nitrogen and oxygen atoms in total.